The van der Waals surface area contributed by atoms with Gasteiger partial charge in [-0.15, -0.1) is 0 Å². The Morgan fingerprint density at radius 3 is 2.31 bits per heavy atom. The quantitative estimate of drug-likeness (QED) is 0.684. The van der Waals surface area contributed by atoms with Crippen molar-refractivity contribution in [2.75, 3.05) is 12.8 Å². The highest BCUT2D eigenvalue weighted by Gasteiger charge is 2.22. The van der Waals surface area contributed by atoms with Gasteiger partial charge in [0.15, 0.2) is 9.84 Å². The zero-order valence-electron chi connectivity index (χ0n) is 14.9. The normalized spacial score (nSPS) is 11.3. The van der Waals surface area contributed by atoms with E-state index in [1.807, 2.05) is 30.3 Å². The van der Waals surface area contributed by atoms with Crippen LogP contribution < -0.4 is 11.2 Å². The molecule has 9 heteroatoms. The number of hydrogen-bond donors (Lipinski definition) is 0. The highest BCUT2D eigenvalue weighted by molar-refractivity contribution is 7.91. The van der Waals surface area contributed by atoms with Crippen molar-refractivity contribution in [2.45, 2.75) is 12.3 Å². The fourth-order valence-corrected chi connectivity index (χ4v) is 3.86. The fraction of sp³-hybridized carbons (Fsp3) is 0.353. The summed E-state index contributed by atoms with van der Waals surface area (Å²) in [5, 5.41) is 0. The van der Waals surface area contributed by atoms with E-state index in [0.29, 0.717) is 6.54 Å². The lowest BCUT2D eigenvalue weighted by Gasteiger charge is -2.17. The van der Waals surface area contributed by atoms with E-state index in [0.717, 1.165) is 20.8 Å². The van der Waals surface area contributed by atoms with Crippen LogP contribution >= 0.6 is 0 Å². The van der Waals surface area contributed by atoms with Gasteiger partial charge in [0.2, 0.25) is 5.91 Å². The van der Waals surface area contributed by atoms with Crippen molar-refractivity contribution in [1.82, 2.24) is 14.0 Å². The highest BCUT2D eigenvalue weighted by atomic mass is 32.2. The minimum atomic E-state index is -3.84. The van der Waals surface area contributed by atoms with Gasteiger partial charge in [-0.05, 0) is 5.56 Å². The maximum Gasteiger partial charge on any atom is 0.330 e. The molecule has 1 aromatic carbocycles. The standard InChI is InChI=1S/C17H21N3O5S/c1-18(10-13-7-5-4-6-8-13)16(22)12-26(24,25)11-14-9-15(21)20(3)17(23)19(14)2/h4-9H,10-12H2,1-3H3. The Morgan fingerprint density at radius 2 is 1.69 bits per heavy atom. The summed E-state index contributed by atoms with van der Waals surface area (Å²) in [6.45, 7) is 0.291. The summed E-state index contributed by atoms with van der Waals surface area (Å²) in [5.74, 6) is -1.80. The summed E-state index contributed by atoms with van der Waals surface area (Å²) in [6.07, 6.45) is 0. The zero-order valence-corrected chi connectivity index (χ0v) is 15.7. The van der Waals surface area contributed by atoms with Crippen molar-refractivity contribution in [3.63, 3.8) is 0 Å². The van der Waals surface area contributed by atoms with Crippen molar-refractivity contribution in [1.29, 1.82) is 0 Å². The molecule has 0 unspecified atom stereocenters. The summed E-state index contributed by atoms with van der Waals surface area (Å²) in [7, 11) is 0.383. The lowest BCUT2D eigenvalue weighted by atomic mass is 10.2. The predicted octanol–water partition coefficient (Wildman–Crippen LogP) is -0.343. The van der Waals surface area contributed by atoms with E-state index in [1.165, 1.54) is 26.0 Å². The average molecular weight is 379 g/mol. The fourth-order valence-electron chi connectivity index (χ4n) is 2.44. The lowest BCUT2D eigenvalue weighted by molar-refractivity contribution is -0.127. The van der Waals surface area contributed by atoms with Gasteiger partial charge in [0.1, 0.15) is 5.75 Å². The second kappa shape index (κ2) is 7.69. The SMILES string of the molecule is CN(Cc1ccccc1)C(=O)CS(=O)(=O)Cc1cc(=O)n(C)c(=O)n1C. The maximum atomic E-state index is 12.4. The van der Waals surface area contributed by atoms with E-state index in [-0.39, 0.29) is 5.69 Å². The zero-order chi connectivity index (χ0) is 19.5. The molecule has 0 saturated carbocycles. The molecule has 0 N–H and O–H groups in total. The molecule has 8 nitrogen and oxygen atoms in total. The number of aromatic nitrogens is 2. The molecule has 1 amide bonds. The highest BCUT2D eigenvalue weighted by Crippen LogP contribution is 2.07. The van der Waals surface area contributed by atoms with Crippen LogP contribution in [-0.4, -0.2) is 41.2 Å². The number of carbonyl (C=O) groups is 1. The topological polar surface area (TPSA) is 98.5 Å². The molecule has 0 aliphatic carbocycles. The van der Waals surface area contributed by atoms with Crippen LogP contribution in [0.15, 0.2) is 46.0 Å². The molecule has 0 radical (unpaired) electrons. The van der Waals surface area contributed by atoms with E-state index >= 15 is 0 Å². The van der Waals surface area contributed by atoms with Crippen LogP contribution in [0, 0.1) is 0 Å². The minimum Gasteiger partial charge on any atom is -0.341 e. The van der Waals surface area contributed by atoms with E-state index in [9.17, 15) is 22.8 Å². The van der Waals surface area contributed by atoms with Gasteiger partial charge in [-0.2, -0.15) is 0 Å². The van der Waals surface area contributed by atoms with Gasteiger partial charge in [-0.25, -0.2) is 13.2 Å². The average Bonchev–Trinajstić information content (AvgIpc) is 2.58. The number of carbonyl (C=O) groups excluding carboxylic acids is 1. The smallest absolute Gasteiger partial charge is 0.330 e. The summed E-state index contributed by atoms with van der Waals surface area (Å²) in [6, 6.07) is 10.3. The van der Waals surface area contributed by atoms with Gasteiger partial charge in [-0.3, -0.25) is 18.7 Å². The molecule has 140 valence electrons. The lowest BCUT2D eigenvalue weighted by Crippen LogP contribution is -2.39. The first kappa shape index (κ1) is 19.6. The third kappa shape index (κ3) is 4.69. The Labute approximate surface area is 151 Å². The van der Waals surface area contributed by atoms with Crippen LogP contribution in [-0.2, 0) is 41.0 Å². The Bertz CT molecular complexity index is 1020. The molecule has 0 aliphatic rings. The van der Waals surface area contributed by atoms with Crippen molar-refractivity contribution >= 4 is 15.7 Å². The monoisotopic (exact) mass is 379 g/mol. The molecule has 0 bridgehead atoms. The molecular weight excluding hydrogens is 358 g/mol. The third-order valence-corrected chi connectivity index (χ3v) is 5.45. The number of rotatable bonds is 6. The second-order valence-corrected chi connectivity index (χ2v) is 8.21. The molecule has 0 atom stereocenters. The van der Waals surface area contributed by atoms with E-state index in [1.54, 1.807) is 0 Å². The van der Waals surface area contributed by atoms with Crippen molar-refractivity contribution < 1.29 is 13.2 Å². The molecule has 0 aliphatic heterocycles. The van der Waals surface area contributed by atoms with Crippen LogP contribution in [0.2, 0.25) is 0 Å². The largest absolute Gasteiger partial charge is 0.341 e. The third-order valence-electron chi connectivity index (χ3n) is 4.02. The van der Waals surface area contributed by atoms with Crippen LogP contribution in [0.5, 0.6) is 0 Å². The van der Waals surface area contributed by atoms with Crippen LogP contribution in [0.3, 0.4) is 0 Å². The molecule has 0 saturated heterocycles. The van der Waals surface area contributed by atoms with Crippen LogP contribution in [0.1, 0.15) is 11.3 Å². The summed E-state index contributed by atoms with van der Waals surface area (Å²) in [4.78, 5) is 37.2. The van der Waals surface area contributed by atoms with Crippen molar-refractivity contribution in [3.05, 3.63) is 68.5 Å². The number of nitrogens with zero attached hydrogens (tertiary/aromatic N) is 3. The number of benzene rings is 1. The summed E-state index contributed by atoms with van der Waals surface area (Å²) in [5.41, 5.74) is -0.271. The maximum absolute atomic E-state index is 12.4. The Kier molecular flexibility index (Phi) is 5.81. The molecular formula is C17H21N3O5S. The first-order valence-electron chi connectivity index (χ1n) is 7.85. The van der Waals surface area contributed by atoms with Gasteiger partial charge in [0.25, 0.3) is 5.56 Å². The Morgan fingerprint density at radius 1 is 1.08 bits per heavy atom. The molecule has 26 heavy (non-hydrogen) atoms. The number of amides is 1. The molecule has 1 aromatic heterocycles. The van der Waals surface area contributed by atoms with E-state index in [2.05, 4.69) is 0 Å². The molecule has 2 rings (SSSR count). The molecule has 0 fully saturated rings. The summed E-state index contributed by atoms with van der Waals surface area (Å²) < 4.78 is 26.7. The summed E-state index contributed by atoms with van der Waals surface area (Å²) >= 11 is 0. The first-order chi connectivity index (χ1) is 12.1. The second-order valence-electron chi connectivity index (χ2n) is 6.14. The molecule has 1 heterocycles. The van der Waals surface area contributed by atoms with Crippen LogP contribution in [0.25, 0.3) is 0 Å². The van der Waals surface area contributed by atoms with E-state index < -0.39 is 38.5 Å². The van der Waals surface area contributed by atoms with E-state index in [4.69, 9.17) is 0 Å². The molecule has 2 aromatic rings. The number of hydrogen-bond acceptors (Lipinski definition) is 5. The Balaban J connectivity index is 2.13. The van der Waals surface area contributed by atoms with Gasteiger partial charge < -0.3 is 4.90 Å². The molecule has 0 spiro atoms. The first-order valence-corrected chi connectivity index (χ1v) is 9.67. The van der Waals surface area contributed by atoms with Gasteiger partial charge in [0.05, 0.1) is 5.75 Å². The minimum absolute atomic E-state index is 0.0524. The van der Waals surface area contributed by atoms with Gasteiger partial charge in [-0.1, -0.05) is 30.3 Å². The van der Waals surface area contributed by atoms with Gasteiger partial charge in [0, 0.05) is 39.4 Å². The van der Waals surface area contributed by atoms with Crippen molar-refractivity contribution in [3.8, 4) is 0 Å². The Hall–Kier alpha value is -2.68. The van der Waals surface area contributed by atoms with Crippen LogP contribution in [0.4, 0.5) is 0 Å². The number of sulfone groups is 1. The van der Waals surface area contributed by atoms with Gasteiger partial charge >= 0.3 is 5.69 Å². The van der Waals surface area contributed by atoms with Crippen molar-refractivity contribution in [2.24, 2.45) is 14.1 Å². The predicted molar refractivity (Wildman–Crippen MR) is 97.3 cm³/mol.